The molecule has 6 heteroatoms. The topological polar surface area (TPSA) is 78.9 Å². The SMILES string of the molecule is CCCCCCCCCCCCCCCCCCCC(=O)O[C@H](COC(=O)CCCCCCCCCCC)COC(=O)CCCCCCCCCCCCCCC. The highest BCUT2D eigenvalue weighted by Crippen LogP contribution is 2.17. The number of unbranched alkanes of at least 4 members (excludes halogenated alkanes) is 36. The number of esters is 3. The lowest BCUT2D eigenvalue weighted by Gasteiger charge is -2.18. The molecule has 0 radical (unpaired) electrons. The summed E-state index contributed by atoms with van der Waals surface area (Å²) >= 11 is 0. The van der Waals surface area contributed by atoms with Crippen LogP contribution in [0.1, 0.15) is 290 Å². The molecule has 6 nitrogen and oxygen atoms in total. The van der Waals surface area contributed by atoms with E-state index in [9.17, 15) is 14.4 Å². The summed E-state index contributed by atoms with van der Waals surface area (Å²) in [5.74, 6) is -0.845. The van der Waals surface area contributed by atoms with E-state index < -0.39 is 6.10 Å². The number of hydrogen-bond donors (Lipinski definition) is 0. The number of carbonyl (C=O) groups excluding carboxylic acids is 3. The summed E-state index contributed by atoms with van der Waals surface area (Å²) in [7, 11) is 0. The zero-order valence-corrected chi connectivity index (χ0v) is 38.6. The summed E-state index contributed by atoms with van der Waals surface area (Å²) in [5.41, 5.74) is 0. The minimum atomic E-state index is -0.758. The van der Waals surface area contributed by atoms with E-state index in [1.165, 1.54) is 193 Å². The molecule has 0 aliphatic heterocycles. The number of ether oxygens (including phenoxy) is 3. The standard InChI is InChI=1S/C51H98O6/c1-4-7-10-13-16-19-21-23-24-25-26-28-30-33-36-39-42-45-51(54)57-48(46-55-49(52)43-40-37-34-31-18-15-12-9-6-3)47-56-50(53)44-41-38-35-32-29-27-22-20-17-14-11-8-5-2/h48H,4-47H2,1-3H3/t48-/m1/s1. The third-order valence-electron chi connectivity index (χ3n) is 11.6. The molecule has 0 aliphatic carbocycles. The van der Waals surface area contributed by atoms with Crippen LogP contribution in [0.2, 0.25) is 0 Å². The number of rotatable bonds is 47. The molecule has 0 amide bonds. The van der Waals surface area contributed by atoms with Crippen LogP contribution < -0.4 is 0 Å². The molecule has 0 N–H and O–H groups in total. The van der Waals surface area contributed by atoms with Crippen LogP contribution in [0.3, 0.4) is 0 Å². The number of hydrogen-bond acceptors (Lipinski definition) is 6. The maximum Gasteiger partial charge on any atom is 0.306 e. The quantitative estimate of drug-likeness (QED) is 0.0346. The molecule has 0 bridgehead atoms. The van der Waals surface area contributed by atoms with E-state index in [0.29, 0.717) is 19.3 Å². The van der Waals surface area contributed by atoms with Crippen LogP contribution in [0.5, 0.6) is 0 Å². The van der Waals surface area contributed by atoms with E-state index in [0.717, 1.165) is 57.8 Å². The van der Waals surface area contributed by atoms with Crippen LogP contribution >= 0.6 is 0 Å². The van der Waals surface area contributed by atoms with E-state index in [1.807, 2.05) is 0 Å². The molecule has 0 fully saturated rings. The summed E-state index contributed by atoms with van der Waals surface area (Å²) in [6.07, 6.45) is 49.4. The van der Waals surface area contributed by atoms with Gasteiger partial charge < -0.3 is 14.2 Å². The molecule has 1 atom stereocenters. The van der Waals surface area contributed by atoms with Crippen molar-refractivity contribution in [2.24, 2.45) is 0 Å². The molecule has 0 unspecified atom stereocenters. The van der Waals surface area contributed by atoms with Gasteiger partial charge in [0.15, 0.2) is 6.10 Å². The second-order valence-electron chi connectivity index (χ2n) is 17.5. The summed E-state index contributed by atoms with van der Waals surface area (Å²) < 4.78 is 16.8. The molecule has 0 saturated heterocycles. The molecular weight excluding hydrogens is 709 g/mol. The minimum absolute atomic E-state index is 0.0621. The highest BCUT2D eigenvalue weighted by Gasteiger charge is 2.19. The van der Waals surface area contributed by atoms with Gasteiger partial charge in [0.25, 0.3) is 0 Å². The van der Waals surface area contributed by atoms with Crippen molar-refractivity contribution in [2.45, 2.75) is 297 Å². The highest BCUT2D eigenvalue weighted by atomic mass is 16.6. The van der Waals surface area contributed by atoms with E-state index in [4.69, 9.17) is 14.2 Å². The van der Waals surface area contributed by atoms with Crippen LogP contribution in [-0.4, -0.2) is 37.2 Å². The molecule has 0 heterocycles. The maximum atomic E-state index is 12.8. The third kappa shape index (κ3) is 45.3. The summed E-state index contributed by atoms with van der Waals surface area (Å²) in [6.45, 7) is 6.66. The Hall–Kier alpha value is -1.59. The molecule has 338 valence electrons. The monoisotopic (exact) mass is 807 g/mol. The third-order valence-corrected chi connectivity index (χ3v) is 11.6. The van der Waals surface area contributed by atoms with Gasteiger partial charge in [-0.3, -0.25) is 14.4 Å². The molecular formula is C51H98O6. The molecule has 0 saturated carbocycles. The average Bonchev–Trinajstić information content (AvgIpc) is 3.21. The van der Waals surface area contributed by atoms with E-state index in [1.54, 1.807) is 0 Å². The first-order valence-corrected chi connectivity index (χ1v) is 25.5. The van der Waals surface area contributed by atoms with Crippen molar-refractivity contribution < 1.29 is 28.6 Å². The van der Waals surface area contributed by atoms with Crippen LogP contribution in [0.15, 0.2) is 0 Å². The lowest BCUT2D eigenvalue weighted by molar-refractivity contribution is -0.167. The van der Waals surface area contributed by atoms with Gasteiger partial charge in [-0.1, -0.05) is 252 Å². The average molecular weight is 807 g/mol. The first kappa shape index (κ1) is 55.4. The minimum Gasteiger partial charge on any atom is -0.462 e. The van der Waals surface area contributed by atoms with Crippen molar-refractivity contribution in [2.75, 3.05) is 13.2 Å². The highest BCUT2D eigenvalue weighted by molar-refractivity contribution is 5.71. The largest absolute Gasteiger partial charge is 0.462 e. The van der Waals surface area contributed by atoms with Gasteiger partial charge in [0, 0.05) is 19.3 Å². The van der Waals surface area contributed by atoms with Gasteiger partial charge in [0.1, 0.15) is 13.2 Å². The van der Waals surface area contributed by atoms with Crippen LogP contribution in [0, 0.1) is 0 Å². The fraction of sp³-hybridized carbons (Fsp3) is 0.941. The van der Waals surface area contributed by atoms with Gasteiger partial charge >= 0.3 is 17.9 Å². The molecule has 0 aromatic heterocycles. The fourth-order valence-electron chi connectivity index (χ4n) is 7.74. The molecule has 0 rings (SSSR count). The van der Waals surface area contributed by atoms with Gasteiger partial charge in [-0.25, -0.2) is 0 Å². The van der Waals surface area contributed by atoms with Gasteiger partial charge in [-0.2, -0.15) is 0 Å². The Kier molecular flexibility index (Phi) is 45.8. The second-order valence-corrected chi connectivity index (χ2v) is 17.5. The Morgan fingerprint density at radius 1 is 0.281 bits per heavy atom. The second kappa shape index (κ2) is 47.1. The van der Waals surface area contributed by atoms with Crippen molar-refractivity contribution >= 4 is 17.9 Å². The molecule has 57 heavy (non-hydrogen) atoms. The Balaban J connectivity index is 4.25. The van der Waals surface area contributed by atoms with Crippen LogP contribution in [0.25, 0.3) is 0 Å². The lowest BCUT2D eigenvalue weighted by Crippen LogP contribution is -2.30. The van der Waals surface area contributed by atoms with Gasteiger partial charge in [0.2, 0.25) is 0 Å². The molecule has 0 aromatic rings. The summed E-state index contributed by atoms with van der Waals surface area (Å²) in [6, 6.07) is 0. The Bertz CT molecular complexity index is 844. The smallest absolute Gasteiger partial charge is 0.306 e. The first-order chi connectivity index (χ1) is 28.0. The Morgan fingerprint density at radius 3 is 0.702 bits per heavy atom. The van der Waals surface area contributed by atoms with Crippen LogP contribution in [-0.2, 0) is 28.6 Å². The summed E-state index contributed by atoms with van der Waals surface area (Å²) in [5, 5.41) is 0. The Morgan fingerprint density at radius 2 is 0.474 bits per heavy atom. The predicted molar refractivity (Wildman–Crippen MR) is 243 cm³/mol. The molecule has 0 aromatic carbocycles. The first-order valence-electron chi connectivity index (χ1n) is 25.5. The van der Waals surface area contributed by atoms with Gasteiger partial charge in [-0.05, 0) is 19.3 Å². The van der Waals surface area contributed by atoms with Crippen molar-refractivity contribution in [1.82, 2.24) is 0 Å². The van der Waals surface area contributed by atoms with E-state index in [-0.39, 0.29) is 31.1 Å². The van der Waals surface area contributed by atoms with Gasteiger partial charge in [-0.15, -0.1) is 0 Å². The molecule has 0 spiro atoms. The van der Waals surface area contributed by atoms with Crippen molar-refractivity contribution in [1.29, 1.82) is 0 Å². The molecule has 0 aliphatic rings. The maximum absolute atomic E-state index is 12.8. The predicted octanol–water partition coefficient (Wildman–Crippen LogP) is 16.4. The van der Waals surface area contributed by atoms with E-state index >= 15 is 0 Å². The van der Waals surface area contributed by atoms with Crippen molar-refractivity contribution in [3.63, 3.8) is 0 Å². The van der Waals surface area contributed by atoms with Crippen LogP contribution in [0.4, 0.5) is 0 Å². The fourth-order valence-corrected chi connectivity index (χ4v) is 7.74. The zero-order valence-electron chi connectivity index (χ0n) is 38.6. The normalized spacial score (nSPS) is 11.8. The zero-order chi connectivity index (χ0) is 41.5. The Labute approximate surface area is 355 Å². The lowest BCUT2D eigenvalue weighted by atomic mass is 10.0. The van der Waals surface area contributed by atoms with Crippen molar-refractivity contribution in [3.8, 4) is 0 Å². The van der Waals surface area contributed by atoms with Crippen molar-refractivity contribution in [3.05, 3.63) is 0 Å². The van der Waals surface area contributed by atoms with Gasteiger partial charge in [0.05, 0.1) is 0 Å². The van der Waals surface area contributed by atoms with E-state index in [2.05, 4.69) is 20.8 Å². The summed E-state index contributed by atoms with van der Waals surface area (Å²) in [4.78, 5) is 37.8. The number of carbonyl (C=O) groups is 3.